The summed E-state index contributed by atoms with van der Waals surface area (Å²) in [5, 5.41) is 14.7. The van der Waals surface area contributed by atoms with Crippen LogP contribution in [0.25, 0.3) is 0 Å². The predicted molar refractivity (Wildman–Crippen MR) is 132 cm³/mol. The summed E-state index contributed by atoms with van der Waals surface area (Å²) in [7, 11) is 1.67. The van der Waals surface area contributed by atoms with Crippen molar-refractivity contribution < 1.29 is 27.8 Å². The van der Waals surface area contributed by atoms with Gasteiger partial charge in [-0.3, -0.25) is 19.1 Å². The van der Waals surface area contributed by atoms with Gasteiger partial charge in [-0.05, 0) is 44.0 Å². The fraction of sp³-hybridized carbons (Fsp3) is 0.458. The molecule has 1 aromatic carbocycles. The molecule has 1 atom stereocenters. The van der Waals surface area contributed by atoms with E-state index in [9.17, 15) is 22.8 Å². The number of benzene rings is 1. The summed E-state index contributed by atoms with van der Waals surface area (Å²) < 4.78 is 39.9. The molecule has 2 aliphatic rings. The number of carboxylic acid groups (broad SMARTS) is 1. The number of likely N-dealkylation sites (tertiary alicyclic amines) is 1. The van der Waals surface area contributed by atoms with Crippen LogP contribution in [-0.4, -0.2) is 61.7 Å². The Morgan fingerprint density at radius 2 is 1.79 bits per heavy atom. The molecule has 5 rings (SSSR count). The number of hydrogen-bond donors (Lipinski definition) is 1. The van der Waals surface area contributed by atoms with Gasteiger partial charge in [0.1, 0.15) is 11.6 Å². The highest BCUT2D eigenvalue weighted by Gasteiger charge is 2.47. The molecule has 1 spiro atoms. The van der Waals surface area contributed by atoms with Gasteiger partial charge in [0.2, 0.25) is 0 Å². The molecular formula is C24H26F3N5O5S. The van der Waals surface area contributed by atoms with E-state index in [4.69, 9.17) is 19.7 Å². The Balaban J connectivity index is 0.000000426. The Kier molecular flexibility index (Phi) is 7.74. The van der Waals surface area contributed by atoms with Gasteiger partial charge in [-0.25, -0.2) is 14.5 Å². The minimum atomic E-state index is -5.08. The summed E-state index contributed by atoms with van der Waals surface area (Å²) in [4.78, 5) is 41.1. The van der Waals surface area contributed by atoms with Crippen LogP contribution in [0.3, 0.4) is 0 Å². The van der Waals surface area contributed by atoms with Crippen molar-refractivity contribution in [2.24, 2.45) is 0 Å². The van der Waals surface area contributed by atoms with Crippen LogP contribution in [0.15, 0.2) is 39.2 Å². The molecule has 10 nitrogen and oxygen atoms in total. The lowest BCUT2D eigenvalue weighted by molar-refractivity contribution is -0.192. The number of hydrogen-bond acceptors (Lipinski definition) is 8. The number of aromatic nitrogens is 4. The van der Waals surface area contributed by atoms with Gasteiger partial charge in [0.05, 0.1) is 24.4 Å². The van der Waals surface area contributed by atoms with Crippen molar-refractivity contribution in [1.29, 1.82) is 0 Å². The molecule has 0 aliphatic carbocycles. The molecule has 38 heavy (non-hydrogen) atoms. The summed E-state index contributed by atoms with van der Waals surface area (Å²) in [6, 6.07) is 8.13. The molecule has 14 heteroatoms. The van der Waals surface area contributed by atoms with Gasteiger partial charge in [0.15, 0.2) is 0 Å². The van der Waals surface area contributed by atoms with Crippen LogP contribution in [0.5, 0.6) is 5.75 Å². The SMILES string of the molecule is COc1ccc(CN2CCC3(CCn4c3nn(Cc3csc(C)n3)c(=O)c4=O)C2)cc1.O=C(O)C(F)(F)F. The van der Waals surface area contributed by atoms with Crippen molar-refractivity contribution in [2.45, 2.75) is 51.0 Å². The first-order chi connectivity index (χ1) is 17.9. The summed E-state index contributed by atoms with van der Waals surface area (Å²) in [5.74, 6) is -1.16. The average Bonchev–Trinajstić information content (AvgIpc) is 3.57. The van der Waals surface area contributed by atoms with E-state index in [1.165, 1.54) is 21.6 Å². The zero-order valence-corrected chi connectivity index (χ0v) is 21.5. The van der Waals surface area contributed by atoms with Crippen molar-refractivity contribution in [1.82, 2.24) is 24.2 Å². The first-order valence-corrected chi connectivity index (χ1v) is 12.6. The maximum Gasteiger partial charge on any atom is 0.490 e. The molecule has 0 amide bonds. The van der Waals surface area contributed by atoms with Crippen LogP contribution in [-0.2, 0) is 29.8 Å². The quantitative estimate of drug-likeness (QED) is 0.479. The standard InChI is InChI=1S/C22H25N5O3S.C2HF3O2/c1-15-23-17(13-31-15)12-27-20(29)19(28)26-10-8-22(21(26)24-27)7-9-25(14-22)11-16-3-5-18(30-2)6-4-16;3-2(4,5)1(6)7/h3-6,13H,7-12,14H2,1-2H3;(H,6,7). The van der Waals surface area contributed by atoms with Gasteiger partial charge >= 0.3 is 23.3 Å². The van der Waals surface area contributed by atoms with Crippen molar-refractivity contribution in [3.8, 4) is 5.75 Å². The number of aliphatic carboxylic acids is 1. The van der Waals surface area contributed by atoms with Gasteiger partial charge in [0, 0.05) is 30.4 Å². The van der Waals surface area contributed by atoms with E-state index in [0.717, 1.165) is 54.8 Å². The summed E-state index contributed by atoms with van der Waals surface area (Å²) in [6.07, 6.45) is -3.31. The number of nitrogens with zero attached hydrogens (tertiary/aromatic N) is 5. The second-order valence-corrected chi connectivity index (χ2v) is 10.3. The second kappa shape index (κ2) is 10.7. The van der Waals surface area contributed by atoms with Crippen molar-refractivity contribution in [3.63, 3.8) is 0 Å². The van der Waals surface area contributed by atoms with Crippen molar-refractivity contribution in [3.05, 3.63) is 72.4 Å². The van der Waals surface area contributed by atoms with E-state index < -0.39 is 23.3 Å². The van der Waals surface area contributed by atoms with E-state index in [1.807, 2.05) is 24.4 Å². The third-order valence-corrected chi connectivity index (χ3v) is 7.46. The Labute approximate surface area is 218 Å². The van der Waals surface area contributed by atoms with Crippen LogP contribution in [0, 0.1) is 6.92 Å². The molecule has 0 saturated carbocycles. The molecule has 0 bridgehead atoms. The Morgan fingerprint density at radius 1 is 1.13 bits per heavy atom. The highest BCUT2D eigenvalue weighted by Crippen LogP contribution is 2.40. The lowest BCUT2D eigenvalue weighted by Crippen LogP contribution is -2.45. The minimum Gasteiger partial charge on any atom is -0.497 e. The summed E-state index contributed by atoms with van der Waals surface area (Å²) in [5.41, 5.74) is 0.770. The molecule has 1 N–H and O–H groups in total. The van der Waals surface area contributed by atoms with E-state index >= 15 is 0 Å². The number of halogens is 3. The number of aryl methyl sites for hydroxylation is 1. The molecule has 2 aliphatic heterocycles. The largest absolute Gasteiger partial charge is 0.497 e. The first-order valence-electron chi connectivity index (χ1n) is 11.7. The molecule has 4 heterocycles. The maximum atomic E-state index is 12.8. The van der Waals surface area contributed by atoms with E-state index in [-0.39, 0.29) is 12.0 Å². The van der Waals surface area contributed by atoms with Gasteiger partial charge in [0.25, 0.3) is 0 Å². The molecule has 2 aromatic heterocycles. The van der Waals surface area contributed by atoms with Gasteiger partial charge in [-0.2, -0.15) is 18.3 Å². The number of rotatable bonds is 5. The summed E-state index contributed by atoms with van der Waals surface area (Å²) in [6.45, 7) is 5.33. The zero-order valence-electron chi connectivity index (χ0n) is 20.7. The lowest BCUT2D eigenvalue weighted by Gasteiger charge is -2.24. The van der Waals surface area contributed by atoms with Gasteiger partial charge < -0.3 is 9.84 Å². The highest BCUT2D eigenvalue weighted by atomic mass is 32.1. The molecular weight excluding hydrogens is 527 g/mol. The second-order valence-electron chi connectivity index (χ2n) is 9.24. The number of fused-ring (bicyclic) bond motifs is 2. The zero-order chi connectivity index (χ0) is 27.7. The third-order valence-electron chi connectivity index (χ3n) is 6.64. The van der Waals surface area contributed by atoms with Crippen molar-refractivity contribution in [2.75, 3.05) is 20.2 Å². The highest BCUT2D eigenvalue weighted by molar-refractivity contribution is 7.09. The van der Waals surface area contributed by atoms with Crippen LogP contribution in [0.4, 0.5) is 13.2 Å². The maximum absolute atomic E-state index is 12.8. The van der Waals surface area contributed by atoms with Crippen molar-refractivity contribution >= 4 is 17.3 Å². The fourth-order valence-electron chi connectivity index (χ4n) is 4.78. The number of methoxy groups -OCH3 is 1. The molecule has 1 unspecified atom stereocenters. The number of ether oxygens (including phenoxy) is 1. The fourth-order valence-corrected chi connectivity index (χ4v) is 5.39. The molecule has 0 radical (unpaired) electrons. The van der Waals surface area contributed by atoms with Crippen LogP contribution in [0.1, 0.15) is 34.9 Å². The Hall–Kier alpha value is -3.52. The topological polar surface area (TPSA) is 120 Å². The van der Waals surface area contributed by atoms with Gasteiger partial charge in [-0.1, -0.05) is 12.1 Å². The molecule has 3 aromatic rings. The predicted octanol–water partition coefficient (Wildman–Crippen LogP) is 2.41. The normalized spacial score (nSPS) is 18.8. The molecule has 204 valence electrons. The number of carboxylic acids is 1. The first kappa shape index (κ1) is 27.5. The van der Waals surface area contributed by atoms with E-state index in [1.54, 1.807) is 11.7 Å². The molecule has 1 saturated heterocycles. The van der Waals surface area contributed by atoms with Crippen LogP contribution in [0.2, 0.25) is 0 Å². The lowest BCUT2D eigenvalue weighted by atomic mass is 9.85. The monoisotopic (exact) mass is 553 g/mol. The number of carbonyl (C=O) groups is 1. The average molecular weight is 554 g/mol. The van der Waals surface area contributed by atoms with Gasteiger partial charge in [-0.15, -0.1) is 11.3 Å². The number of thiazole rings is 1. The smallest absolute Gasteiger partial charge is 0.490 e. The Morgan fingerprint density at radius 3 is 2.37 bits per heavy atom. The molecule has 1 fully saturated rings. The summed E-state index contributed by atoms with van der Waals surface area (Å²) >= 11 is 1.53. The minimum absolute atomic E-state index is 0.181. The Bertz CT molecular complexity index is 1430. The van der Waals surface area contributed by atoms with E-state index in [0.29, 0.717) is 6.54 Å². The third kappa shape index (κ3) is 5.80. The number of alkyl halides is 3. The van der Waals surface area contributed by atoms with Crippen LogP contribution < -0.4 is 15.9 Å². The van der Waals surface area contributed by atoms with Crippen LogP contribution >= 0.6 is 11.3 Å². The van der Waals surface area contributed by atoms with E-state index in [2.05, 4.69) is 22.0 Å².